The van der Waals surface area contributed by atoms with Crippen molar-refractivity contribution in [2.75, 3.05) is 0 Å². The summed E-state index contributed by atoms with van der Waals surface area (Å²) >= 11 is 12.3. The Morgan fingerprint density at radius 3 is 2.62 bits per heavy atom. The second-order valence-corrected chi connectivity index (χ2v) is 6.20. The Morgan fingerprint density at radius 1 is 1.08 bits per heavy atom. The van der Waals surface area contributed by atoms with Gasteiger partial charge in [-0.15, -0.1) is 10.2 Å². The van der Waals surface area contributed by atoms with E-state index in [2.05, 4.69) is 10.2 Å². The highest BCUT2D eigenvalue weighted by Gasteiger charge is 2.18. The van der Waals surface area contributed by atoms with Gasteiger partial charge in [0.1, 0.15) is 5.82 Å². The molecule has 0 saturated carbocycles. The van der Waals surface area contributed by atoms with Crippen molar-refractivity contribution in [3.63, 3.8) is 0 Å². The molecule has 2 aromatic heterocycles. The van der Waals surface area contributed by atoms with Crippen molar-refractivity contribution in [3.8, 4) is 5.69 Å². The molecular formula is C17H12Cl2N4O. The lowest BCUT2D eigenvalue weighted by Gasteiger charge is -2.12. The van der Waals surface area contributed by atoms with Crippen LogP contribution < -0.4 is 5.56 Å². The number of fused-ring (bicyclic) bond motifs is 3. The molecule has 0 unspecified atom stereocenters. The molecule has 0 atom stereocenters. The maximum Gasteiger partial charge on any atom is 0.267 e. The van der Waals surface area contributed by atoms with E-state index < -0.39 is 0 Å². The molecule has 0 fully saturated rings. The Hall–Kier alpha value is -2.37. The van der Waals surface area contributed by atoms with Crippen LogP contribution in [0.1, 0.15) is 12.7 Å². The molecule has 2 heterocycles. The molecule has 0 bridgehead atoms. The van der Waals surface area contributed by atoms with Crippen molar-refractivity contribution >= 4 is 39.9 Å². The number of nitrogens with zero attached hydrogens (tertiary/aromatic N) is 4. The van der Waals surface area contributed by atoms with Gasteiger partial charge in [0.25, 0.3) is 5.56 Å². The van der Waals surface area contributed by atoms with Gasteiger partial charge in [0.2, 0.25) is 5.78 Å². The summed E-state index contributed by atoms with van der Waals surface area (Å²) in [6.07, 6.45) is 0.692. The van der Waals surface area contributed by atoms with Gasteiger partial charge in [-0.05, 0) is 30.3 Å². The van der Waals surface area contributed by atoms with Crippen LogP contribution in [0.2, 0.25) is 10.0 Å². The Kier molecular flexibility index (Phi) is 3.55. The van der Waals surface area contributed by atoms with Crippen LogP contribution >= 0.6 is 23.2 Å². The number of halogens is 2. The molecule has 120 valence electrons. The quantitative estimate of drug-likeness (QED) is 0.545. The van der Waals surface area contributed by atoms with E-state index >= 15 is 0 Å². The fraction of sp³-hybridized carbons (Fsp3) is 0.118. The molecule has 24 heavy (non-hydrogen) atoms. The predicted octanol–water partition coefficient (Wildman–Crippen LogP) is 3.90. The van der Waals surface area contributed by atoms with Crippen LogP contribution in [-0.2, 0) is 6.42 Å². The summed E-state index contributed by atoms with van der Waals surface area (Å²) < 4.78 is 3.37. The smallest absolute Gasteiger partial charge is 0.267 e. The molecule has 0 N–H and O–H groups in total. The number of aryl methyl sites for hydroxylation is 1. The van der Waals surface area contributed by atoms with Gasteiger partial charge >= 0.3 is 0 Å². The van der Waals surface area contributed by atoms with Gasteiger partial charge in [0, 0.05) is 11.4 Å². The van der Waals surface area contributed by atoms with Gasteiger partial charge in [0.15, 0.2) is 0 Å². The second-order valence-electron chi connectivity index (χ2n) is 5.36. The van der Waals surface area contributed by atoms with Crippen molar-refractivity contribution in [3.05, 3.63) is 68.7 Å². The summed E-state index contributed by atoms with van der Waals surface area (Å²) in [6.45, 7) is 2.00. The average molecular weight is 359 g/mol. The fourth-order valence-electron chi connectivity index (χ4n) is 2.87. The number of hydrogen-bond acceptors (Lipinski definition) is 3. The molecule has 5 nitrogen and oxygen atoms in total. The van der Waals surface area contributed by atoms with Crippen LogP contribution in [0.4, 0.5) is 0 Å². The van der Waals surface area contributed by atoms with Crippen molar-refractivity contribution < 1.29 is 0 Å². The topological polar surface area (TPSA) is 52.2 Å². The van der Waals surface area contributed by atoms with Crippen LogP contribution in [0, 0.1) is 0 Å². The normalized spacial score (nSPS) is 11.5. The van der Waals surface area contributed by atoms with Gasteiger partial charge in [-0.1, -0.05) is 42.3 Å². The van der Waals surface area contributed by atoms with Gasteiger partial charge in [-0.25, -0.2) is 4.57 Å². The highest BCUT2D eigenvalue weighted by Crippen LogP contribution is 2.26. The molecule has 0 amide bonds. The van der Waals surface area contributed by atoms with Gasteiger partial charge in [0.05, 0.1) is 21.6 Å². The second kappa shape index (κ2) is 5.61. The van der Waals surface area contributed by atoms with Gasteiger partial charge < -0.3 is 0 Å². The first-order valence-electron chi connectivity index (χ1n) is 7.45. The average Bonchev–Trinajstić information content (AvgIpc) is 3.00. The van der Waals surface area contributed by atoms with E-state index in [1.807, 2.05) is 29.5 Å². The molecule has 0 spiro atoms. The maximum atomic E-state index is 13.1. The minimum atomic E-state index is -0.197. The third-order valence-electron chi connectivity index (χ3n) is 3.96. The predicted molar refractivity (Wildman–Crippen MR) is 95.5 cm³/mol. The number of benzene rings is 2. The van der Waals surface area contributed by atoms with Gasteiger partial charge in [-0.3, -0.25) is 9.20 Å². The lowest BCUT2D eigenvalue weighted by Crippen LogP contribution is -2.22. The van der Waals surface area contributed by atoms with E-state index in [4.69, 9.17) is 23.2 Å². The van der Waals surface area contributed by atoms with E-state index in [0.717, 1.165) is 11.3 Å². The molecule has 0 aliphatic rings. The van der Waals surface area contributed by atoms with E-state index in [9.17, 15) is 4.79 Å². The van der Waals surface area contributed by atoms with E-state index in [-0.39, 0.29) is 5.56 Å². The number of para-hydroxylation sites is 1. The zero-order valence-corrected chi connectivity index (χ0v) is 14.2. The molecule has 4 aromatic rings. The van der Waals surface area contributed by atoms with Crippen molar-refractivity contribution in [1.29, 1.82) is 0 Å². The molecule has 7 heteroatoms. The monoisotopic (exact) mass is 358 g/mol. The largest absolute Gasteiger partial charge is 0.268 e. The van der Waals surface area contributed by atoms with E-state index in [1.165, 1.54) is 4.57 Å². The van der Waals surface area contributed by atoms with E-state index in [0.29, 0.717) is 33.3 Å². The van der Waals surface area contributed by atoms with Crippen molar-refractivity contribution in [2.45, 2.75) is 13.3 Å². The van der Waals surface area contributed by atoms with Crippen LogP contribution in [0.25, 0.3) is 22.4 Å². The Balaban J connectivity index is 2.24. The molecule has 0 aliphatic heterocycles. The third kappa shape index (κ3) is 2.12. The Bertz CT molecular complexity index is 1150. The molecule has 0 saturated heterocycles. The molecule has 4 rings (SSSR count). The highest BCUT2D eigenvalue weighted by molar-refractivity contribution is 6.35. The summed E-state index contributed by atoms with van der Waals surface area (Å²) in [5, 5.41) is 9.90. The fourth-order valence-corrected chi connectivity index (χ4v) is 3.36. The number of aromatic nitrogens is 4. The molecule has 2 aromatic carbocycles. The minimum absolute atomic E-state index is 0.197. The van der Waals surface area contributed by atoms with Crippen LogP contribution in [0.3, 0.4) is 0 Å². The van der Waals surface area contributed by atoms with Crippen molar-refractivity contribution in [1.82, 2.24) is 19.2 Å². The summed E-state index contributed by atoms with van der Waals surface area (Å²) in [4.78, 5) is 13.1. The molecule has 0 aliphatic carbocycles. The zero-order chi connectivity index (χ0) is 16.8. The van der Waals surface area contributed by atoms with E-state index in [1.54, 1.807) is 24.3 Å². The summed E-state index contributed by atoms with van der Waals surface area (Å²) in [5.74, 6) is 1.21. The highest BCUT2D eigenvalue weighted by atomic mass is 35.5. The molecular weight excluding hydrogens is 347 g/mol. The molecule has 0 radical (unpaired) electrons. The maximum absolute atomic E-state index is 13.1. The summed E-state index contributed by atoms with van der Waals surface area (Å²) in [5.41, 5.74) is 1.11. The SMILES string of the molecule is CCc1nnc2n(-c3ccc(Cl)cc3Cl)c(=O)c3ccccc3n12. The summed E-state index contributed by atoms with van der Waals surface area (Å²) in [6, 6.07) is 12.4. The zero-order valence-electron chi connectivity index (χ0n) is 12.7. The number of rotatable bonds is 2. The lowest BCUT2D eigenvalue weighted by molar-refractivity contribution is 0.917. The Morgan fingerprint density at radius 2 is 1.88 bits per heavy atom. The first-order valence-corrected chi connectivity index (χ1v) is 8.20. The first-order chi connectivity index (χ1) is 11.6. The van der Waals surface area contributed by atoms with Crippen molar-refractivity contribution in [2.24, 2.45) is 0 Å². The minimum Gasteiger partial charge on any atom is -0.268 e. The van der Waals surface area contributed by atoms with Crippen LogP contribution in [0.5, 0.6) is 0 Å². The lowest BCUT2D eigenvalue weighted by atomic mass is 10.2. The standard InChI is InChI=1S/C17H12Cl2N4O/c1-2-15-20-21-17-22(15)13-6-4-3-5-11(13)16(24)23(17)14-8-7-10(18)9-12(14)19/h3-9H,2H2,1H3. The van der Waals surface area contributed by atoms with Crippen LogP contribution in [-0.4, -0.2) is 19.2 Å². The number of hydrogen-bond donors (Lipinski definition) is 0. The first kappa shape index (κ1) is 15.2. The van der Waals surface area contributed by atoms with Gasteiger partial charge in [-0.2, -0.15) is 0 Å². The van der Waals surface area contributed by atoms with Crippen LogP contribution in [0.15, 0.2) is 47.3 Å². The Labute approximate surface area is 147 Å². The third-order valence-corrected chi connectivity index (χ3v) is 4.50. The summed E-state index contributed by atoms with van der Waals surface area (Å²) in [7, 11) is 0.